The van der Waals surface area contributed by atoms with Crippen LogP contribution in [-0.4, -0.2) is 29.1 Å². The van der Waals surface area contributed by atoms with Crippen LogP contribution in [0.15, 0.2) is 0 Å². The molecule has 0 saturated carbocycles. The first kappa shape index (κ1) is 13.4. The molecule has 1 rings (SSSR count). The minimum atomic E-state index is -5.08. The highest BCUT2D eigenvalue weighted by Crippen LogP contribution is 2.13. The molecule has 1 fully saturated rings. The third kappa shape index (κ3) is 6.47. The van der Waals surface area contributed by atoms with Crippen LogP contribution in [0.3, 0.4) is 0 Å². The Hall–Kier alpha value is -1.60. The van der Waals surface area contributed by atoms with E-state index in [4.69, 9.17) is 9.90 Å². The molecule has 2 N–H and O–H groups in total. The molecule has 2 amide bonds. The number of carbonyl (C=O) groups excluding carboxylic acids is 2. The second-order valence-corrected chi connectivity index (χ2v) is 2.63. The fourth-order valence-electron chi connectivity index (χ4n) is 0.690. The Balaban J connectivity index is 0.000000265. The van der Waals surface area contributed by atoms with Crippen molar-refractivity contribution in [3.8, 4) is 0 Å². The normalized spacial score (nSPS) is 16.2. The smallest absolute Gasteiger partial charge is 0.475 e. The second kappa shape index (κ2) is 5.32. The van der Waals surface area contributed by atoms with E-state index in [1.165, 1.54) is 0 Å². The van der Waals surface area contributed by atoms with Crippen molar-refractivity contribution < 1.29 is 32.7 Å². The van der Waals surface area contributed by atoms with Gasteiger partial charge in [0, 0.05) is 12.8 Å². The number of alkyl halides is 3. The number of halogens is 3. The van der Waals surface area contributed by atoms with E-state index in [2.05, 4.69) is 5.32 Å². The molecule has 0 aromatic carbocycles. The average molecular weight is 227 g/mol. The van der Waals surface area contributed by atoms with E-state index < -0.39 is 12.1 Å². The molecule has 0 atom stereocenters. The van der Waals surface area contributed by atoms with Crippen molar-refractivity contribution in [2.45, 2.75) is 25.4 Å². The zero-order valence-electron chi connectivity index (χ0n) is 7.43. The fraction of sp³-hybridized carbons (Fsp3) is 0.571. The molecular formula is C7H8F3NO4. The van der Waals surface area contributed by atoms with Gasteiger partial charge in [-0.3, -0.25) is 14.9 Å². The van der Waals surface area contributed by atoms with Gasteiger partial charge in [-0.1, -0.05) is 0 Å². The number of carboxylic acid groups (broad SMARTS) is 1. The van der Waals surface area contributed by atoms with Crippen molar-refractivity contribution >= 4 is 17.8 Å². The average Bonchev–Trinajstić information content (AvgIpc) is 2.02. The summed E-state index contributed by atoms with van der Waals surface area (Å²) in [6.07, 6.45) is -3.36. The summed E-state index contributed by atoms with van der Waals surface area (Å²) in [7, 11) is 0. The zero-order chi connectivity index (χ0) is 12.1. The number of carboxylic acids is 1. The van der Waals surface area contributed by atoms with Crippen molar-refractivity contribution in [2.24, 2.45) is 0 Å². The molecule has 0 aromatic heterocycles. The van der Waals surface area contributed by atoms with Gasteiger partial charge >= 0.3 is 12.1 Å². The molecule has 0 bridgehead atoms. The third-order valence-corrected chi connectivity index (χ3v) is 1.33. The summed E-state index contributed by atoms with van der Waals surface area (Å²) in [6, 6.07) is 0. The molecule has 1 saturated heterocycles. The molecule has 5 nitrogen and oxygen atoms in total. The standard InChI is InChI=1S/C5H7NO2.C2HF3O2/c7-4-2-1-3-5(8)6-4;3-2(4,5)1(6)7/h1-3H2,(H,6,7,8);(H,6,7). The Morgan fingerprint density at radius 1 is 1.20 bits per heavy atom. The van der Waals surface area contributed by atoms with E-state index in [1.54, 1.807) is 0 Å². The number of aliphatic carboxylic acids is 1. The summed E-state index contributed by atoms with van der Waals surface area (Å²) in [5.74, 6) is -3.03. The topological polar surface area (TPSA) is 83.5 Å². The van der Waals surface area contributed by atoms with Crippen LogP contribution >= 0.6 is 0 Å². The summed E-state index contributed by atoms with van der Waals surface area (Å²) in [5.41, 5.74) is 0. The predicted molar refractivity (Wildman–Crippen MR) is 40.7 cm³/mol. The Morgan fingerprint density at radius 3 is 1.67 bits per heavy atom. The van der Waals surface area contributed by atoms with Gasteiger partial charge in [0.05, 0.1) is 0 Å². The van der Waals surface area contributed by atoms with E-state index in [-0.39, 0.29) is 11.8 Å². The van der Waals surface area contributed by atoms with Gasteiger partial charge in [0.1, 0.15) is 0 Å². The van der Waals surface area contributed by atoms with Crippen LogP contribution in [-0.2, 0) is 14.4 Å². The Morgan fingerprint density at radius 2 is 1.53 bits per heavy atom. The van der Waals surface area contributed by atoms with Crippen molar-refractivity contribution in [2.75, 3.05) is 0 Å². The van der Waals surface area contributed by atoms with Crippen molar-refractivity contribution in [1.82, 2.24) is 5.32 Å². The quantitative estimate of drug-likeness (QED) is 0.588. The largest absolute Gasteiger partial charge is 0.490 e. The number of imide groups is 1. The van der Waals surface area contributed by atoms with Gasteiger partial charge in [-0.15, -0.1) is 0 Å². The van der Waals surface area contributed by atoms with Crippen molar-refractivity contribution in [3.05, 3.63) is 0 Å². The number of carbonyl (C=O) groups is 3. The number of hydrogen-bond donors (Lipinski definition) is 2. The van der Waals surface area contributed by atoms with Gasteiger partial charge in [0.15, 0.2) is 0 Å². The van der Waals surface area contributed by atoms with Crippen LogP contribution < -0.4 is 5.32 Å². The first-order chi connectivity index (χ1) is 6.73. The van der Waals surface area contributed by atoms with Gasteiger partial charge in [-0.2, -0.15) is 13.2 Å². The van der Waals surface area contributed by atoms with Gasteiger partial charge < -0.3 is 5.11 Å². The molecule has 15 heavy (non-hydrogen) atoms. The zero-order valence-corrected chi connectivity index (χ0v) is 7.43. The molecular weight excluding hydrogens is 219 g/mol. The molecule has 0 radical (unpaired) electrons. The minimum Gasteiger partial charge on any atom is -0.475 e. The van der Waals surface area contributed by atoms with Crippen LogP contribution in [0.1, 0.15) is 19.3 Å². The van der Waals surface area contributed by atoms with Crippen LogP contribution in [0.2, 0.25) is 0 Å². The van der Waals surface area contributed by atoms with Crippen LogP contribution in [0.4, 0.5) is 13.2 Å². The van der Waals surface area contributed by atoms with Gasteiger partial charge in [0.25, 0.3) is 0 Å². The molecule has 0 spiro atoms. The third-order valence-electron chi connectivity index (χ3n) is 1.33. The Bertz CT molecular complexity index is 260. The van der Waals surface area contributed by atoms with Crippen molar-refractivity contribution in [3.63, 3.8) is 0 Å². The summed E-state index contributed by atoms with van der Waals surface area (Å²) >= 11 is 0. The van der Waals surface area contributed by atoms with E-state index in [9.17, 15) is 22.8 Å². The van der Waals surface area contributed by atoms with Crippen molar-refractivity contribution in [1.29, 1.82) is 0 Å². The highest BCUT2D eigenvalue weighted by molar-refractivity contribution is 5.97. The number of piperidine rings is 1. The molecule has 1 aliphatic heterocycles. The lowest BCUT2D eigenvalue weighted by molar-refractivity contribution is -0.192. The monoisotopic (exact) mass is 227 g/mol. The lowest BCUT2D eigenvalue weighted by Crippen LogP contribution is -2.33. The minimum absolute atomic E-state index is 0.138. The molecule has 86 valence electrons. The summed E-state index contributed by atoms with van der Waals surface area (Å²) in [6.45, 7) is 0. The lowest BCUT2D eigenvalue weighted by atomic mass is 10.1. The predicted octanol–water partition coefficient (Wildman–Crippen LogP) is 0.446. The summed E-state index contributed by atoms with van der Waals surface area (Å²) in [4.78, 5) is 29.6. The number of nitrogens with one attached hydrogen (secondary N) is 1. The first-order valence-electron chi connectivity index (χ1n) is 3.86. The SMILES string of the molecule is O=C(O)C(F)(F)F.O=C1CCCC(=O)N1. The molecule has 8 heteroatoms. The number of hydrogen-bond acceptors (Lipinski definition) is 3. The van der Waals surface area contributed by atoms with Crippen LogP contribution in [0.5, 0.6) is 0 Å². The molecule has 0 aromatic rings. The highest BCUT2D eigenvalue weighted by atomic mass is 19.4. The number of rotatable bonds is 0. The van der Waals surface area contributed by atoms with Gasteiger partial charge in [-0.25, -0.2) is 4.79 Å². The maximum atomic E-state index is 10.6. The fourth-order valence-corrected chi connectivity index (χ4v) is 0.690. The highest BCUT2D eigenvalue weighted by Gasteiger charge is 2.38. The van der Waals surface area contributed by atoms with Gasteiger partial charge in [-0.05, 0) is 6.42 Å². The van der Waals surface area contributed by atoms with E-state index >= 15 is 0 Å². The van der Waals surface area contributed by atoms with Crippen LogP contribution in [0, 0.1) is 0 Å². The summed E-state index contributed by atoms with van der Waals surface area (Å²) < 4.78 is 31.7. The van der Waals surface area contributed by atoms with Crippen LogP contribution in [0.25, 0.3) is 0 Å². The maximum absolute atomic E-state index is 10.6. The molecule has 0 unspecified atom stereocenters. The molecule has 1 aliphatic rings. The Kier molecular flexibility index (Phi) is 4.75. The molecule has 1 heterocycles. The van der Waals surface area contributed by atoms with E-state index in [0.29, 0.717) is 19.3 Å². The van der Waals surface area contributed by atoms with Gasteiger partial charge in [0.2, 0.25) is 11.8 Å². The number of amides is 2. The second-order valence-electron chi connectivity index (χ2n) is 2.63. The lowest BCUT2D eigenvalue weighted by Gasteiger charge is -2.07. The maximum Gasteiger partial charge on any atom is 0.490 e. The summed E-state index contributed by atoms with van der Waals surface area (Å²) in [5, 5.41) is 9.33. The first-order valence-corrected chi connectivity index (χ1v) is 3.86. The molecule has 0 aliphatic carbocycles. The van der Waals surface area contributed by atoms with E-state index in [0.717, 1.165) is 0 Å². The Labute approximate surface area is 82.3 Å². The van der Waals surface area contributed by atoms with E-state index in [1.807, 2.05) is 0 Å².